The molecule has 0 spiro atoms. The number of hydrogen-bond donors (Lipinski definition) is 1. The molecule has 0 saturated carbocycles. The van der Waals surface area contributed by atoms with Gasteiger partial charge < -0.3 is 5.11 Å². The van der Waals surface area contributed by atoms with E-state index in [2.05, 4.69) is 24.3 Å². The van der Waals surface area contributed by atoms with Crippen LogP contribution >= 0.6 is 0 Å². The van der Waals surface area contributed by atoms with Crippen molar-refractivity contribution in [2.24, 2.45) is 0 Å². The van der Waals surface area contributed by atoms with E-state index in [1.807, 2.05) is 0 Å². The van der Waals surface area contributed by atoms with Crippen LogP contribution in [0, 0.1) is 0 Å². The molecule has 0 aromatic heterocycles. The van der Waals surface area contributed by atoms with Crippen LogP contribution in [0.1, 0.15) is 39.5 Å². The Morgan fingerprint density at radius 1 is 1.00 bits per heavy atom. The van der Waals surface area contributed by atoms with Gasteiger partial charge in [-0.15, -0.1) is 0 Å². The molecule has 16 heavy (non-hydrogen) atoms. The van der Waals surface area contributed by atoms with Gasteiger partial charge >= 0.3 is 0 Å². The van der Waals surface area contributed by atoms with Crippen molar-refractivity contribution in [3.05, 3.63) is 36.1 Å². The summed E-state index contributed by atoms with van der Waals surface area (Å²) in [6.07, 6.45) is 15.2. The van der Waals surface area contributed by atoms with E-state index in [9.17, 15) is 4.79 Å². The molecule has 1 aliphatic carbocycles. The average Bonchev–Trinajstić information content (AvgIpc) is 1.99. The number of rotatable bonds is 1. The summed E-state index contributed by atoms with van der Waals surface area (Å²) in [5.41, 5.74) is 0. The molecule has 3 heteroatoms. The molecule has 1 rings (SSSR count). The summed E-state index contributed by atoms with van der Waals surface area (Å²) in [6.45, 7) is 2.85. The van der Waals surface area contributed by atoms with Crippen LogP contribution in [0.25, 0.3) is 0 Å². The minimum Gasteiger partial charge on any atom is -0.512 e. The largest absolute Gasteiger partial charge is 0.512 e. The van der Waals surface area contributed by atoms with Crippen LogP contribution in [0.15, 0.2) is 36.1 Å². The maximum atomic E-state index is 10.0. The van der Waals surface area contributed by atoms with E-state index in [0.29, 0.717) is 0 Å². The van der Waals surface area contributed by atoms with Gasteiger partial charge in [-0.25, -0.2) is 0 Å². The van der Waals surface area contributed by atoms with Gasteiger partial charge in [0.25, 0.3) is 0 Å². The van der Waals surface area contributed by atoms with Gasteiger partial charge in [-0.2, -0.15) is 0 Å². The van der Waals surface area contributed by atoms with Crippen molar-refractivity contribution >= 4 is 5.78 Å². The van der Waals surface area contributed by atoms with E-state index in [4.69, 9.17) is 5.11 Å². The van der Waals surface area contributed by atoms with Crippen molar-refractivity contribution in [1.82, 2.24) is 0 Å². The number of aliphatic hydroxyl groups is 1. The maximum Gasteiger partial charge on any atom is 0.155 e. The van der Waals surface area contributed by atoms with Gasteiger partial charge in [-0.3, -0.25) is 4.79 Å². The normalized spacial score (nSPS) is 19.0. The first-order valence-corrected chi connectivity index (χ1v) is 5.30. The predicted octanol–water partition coefficient (Wildman–Crippen LogP) is 3.71. The van der Waals surface area contributed by atoms with Gasteiger partial charge in [0, 0.05) is 25.6 Å². The molecule has 0 aromatic rings. The molecule has 0 aromatic carbocycles. The van der Waals surface area contributed by atoms with Crippen molar-refractivity contribution in [1.29, 1.82) is 0 Å². The van der Waals surface area contributed by atoms with E-state index in [1.165, 1.54) is 45.6 Å². The molecule has 0 amide bonds. The molecule has 0 fully saturated rings. The Morgan fingerprint density at radius 2 is 1.31 bits per heavy atom. The fraction of sp³-hybridized carbons (Fsp3) is 0.462. The quantitative estimate of drug-likeness (QED) is 0.347. The maximum absolute atomic E-state index is 10.0. The molecule has 1 N–H and O–H groups in total. The monoisotopic (exact) mass is 311 g/mol. The predicted molar refractivity (Wildman–Crippen MR) is 63.8 cm³/mol. The molecular formula is C13H20O2Rh. The van der Waals surface area contributed by atoms with Crippen molar-refractivity contribution in [2.45, 2.75) is 39.5 Å². The molecule has 0 aliphatic heterocycles. The Kier molecular flexibility index (Phi) is 13.7. The van der Waals surface area contributed by atoms with Gasteiger partial charge in [0.15, 0.2) is 5.78 Å². The molecule has 93 valence electrons. The topological polar surface area (TPSA) is 37.3 Å². The Morgan fingerprint density at radius 3 is 1.44 bits per heavy atom. The Bertz CT molecular complexity index is 235. The van der Waals surface area contributed by atoms with Crippen LogP contribution in [0.5, 0.6) is 0 Å². The number of ketones is 1. The second kappa shape index (κ2) is 12.4. The van der Waals surface area contributed by atoms with Crippen molar-refractivity contribution < 1.29 is 29.4 Å². The molecule has 1 radical (unpaired) electrons. The fourth-order valence-electron chi connectivity index (χ4n) is 1.15. The Hall–Kier alpha value is -0.687. The van der Waals surface area contributed by atoms with Gasteiger partial charge in [-0.1, -0.05) is 24.3 Å². The van der Waals surface area contributed by atoms with Gasteiger partial charge in [0.1, 0.15) is 0 Å². The van der Waals surface area contributed by atoms with Gasteiger partial charge in [0.05, 0.1) is 5.76 Å². The summed E-state index contributed by atoms with van der Waals surface area (Å²) in [7, 11) is 0. The Balaban J connectivity index is 0. The summed E-state index contributed by atoms with van der Waals surface area (Å²) >= 11 is 0. The third-order valence-electron chi connectivity index (χ3n) is 1.75. The number of allylic oxidation sites excluding steroid dienone is 6. The van der Waals surface area contributed by atoms with Crippen LogP contribution in [0.3, 0.4) is 0 Å². The van der Waals surface area contributed by atoms with Gasteiger partial charge in [-0.05, 0) is 39.5 Å². The van der Waals surface area contributed by atoms with Crippen molar-refractivity contribution in [2.75, 3.05) is 0 Å². The zero-order chi connectivity index (χ0) is 11.5. The number of hydrogen-bond acceptors (Lipinski definition) is 2. The molecule has 0 heterocycles. The summed E-state index contributed by atoms with van der Waals surface area (Å²) in [5.74, 6) is -0.0625. The molecular weight excluding hydrogens is 291 g/mol. The van der Waals surface area contributed by atoms with Crippen LogP contribution < -0.4 is 0 Å². The second-order valence-corrected chi connectivity index (χ2v) is 3.49. The molecule has 1 aliphatic rings. The zero-order valence-corrected chi connectivity index (χ0v) is 11.5. The number of aliphatic hydroxyl groups excluding tert-OH is 1. The van der Waals surface area contributed by atoms with E-state index in [1.54, 1.807) is 0 Å². The van der Waals surface area contributed by atoms with Crippen LogP contribution in [-0.4, -0.2) is 10.9 Å². The van der Waals surface area contributed by atoms with E-state index >= 15 is 0 Å². The van der Waals surface area contributed by atoms with Crippen molar-refractivity contribution in [3.63, 3.8) is 0 Å². The smallest absolute Gasteiger partial charge is 0.155 e. The Labute approximate surface area is 111 Å². The van der Waals surface area contributed by atoms with E-state index in [0.717, 1.165) is 0 Å². The third-order valence-corrected chi connectivity index (χ3v) is 1.75. The third kappa shape index (κ3) is 15.8. The number of carbonyl (C=O) groups excluding carboxylic acids is 1. The summed E-state index contributed by atoms with van der Waals surface area (Å²) in [6, 6.07) is 0. The van der Waals surface area contributed by atoms with Crippen LogP contribution in [0.4, 0.5) is 0 Å². The minimum absolute atomic E-state index is 0. The molecule has 0 atom stereocenters. The van der Waals surface area contributed by atoms with Gasteiger partial charge in [0.2, 0.25) is 0 Å². The fourth-order valence-corrected chi connectivity index (χ4v) is 1.15. The zero-order valence-electron chi connectivity index (χ0n) is 9.90. The summed E-state index contributed by atoms with van der Waals surface area (Å²) < 4.78 is 0. The molecule has 0 bridgehead atoms. The number of carbonyl (C=O) groups is 1. The van der Waals surface area contributed by atoms with E-state index < -0.39 is 0 Å². The summed E-state index contributed by atoms with van der Waals surface area (Å²) in [5, 5.41) is 8.36. The van der Waals surface area contributed by atoms with Crippen LogP contribution in [-0.2, 0) is 24.3 Å². The molecule has 0 unspecified atom stereocenters. The van der Waals surface area contributed by atoms with Crippen molar-refractivity contribution in [3.8, 4) is 0 Å². The first kappa shape index (κ1) is 17.7. The SMILES string of the molecule is C1=C\CC/C=C\CC/1.CC(=O)/C=C(/C)O.[Rh]. The first-order valence-electron chi connectivity index (χ1n) is 5.30. The van der Waals surface area contributed by atoms with E-state index in [-0.39, 0.29) is 31.0 Å². The van der Waals surface area contributed by atoms with Crippen LogP contribution in [0.2, 0.25) is 0 Å². The molecule has 2 nitrogen and oxygen atoms in total. The second-order valence-electron chi connectivity index (χ2n) is 3.49. The average molecular weight is 311 g/mol. The molecule has 0 saturated heterocycles. The minimum atomic E-state index is -0.125. The standard InChI is InChI=1S/C8H12.C5H8O2.Rh/c1-2-4-6-8-7-5-3-1;1-4(6)3-5(2)7;/h1-2,7-8H,3-6H2;3,6H,1-2H3;/b2-1-,8-7-;4-3-;. The first-order chi connectivity index (χ1) is 7.13. The summed E-state index contributed by atoms with van der Waals surface area (Å²) in [4.78, 5) is 10.0.